The number of anilines is 1. The van der Waals surface area contributed by atoms with Gasteiger partial charge in [0.05, 0.1) is 17.3 Å². The van der Waals surface area contributed by atoms with Gasteiger partial charge >= 0.3 is 0 Å². The molecule has 0 spiro atoms. The summed E-state index contributed by atoms with van der Waals surface area (Å²) in [5, 5.41) is 10.4. The number of rotatable bonds is 4. The zero-order valence-corrected chi connectivity index (χ0v) is 11.7. The fraction of sp³-hybridized carbons (Fsp3) is 0.333. The second-order valence-corrected chi connectivity index (χ2v) is 5.00. The predicted octanol–water partition coefficient (Wildman–Crippen LogP) is 2.28. The molecule has 1 N–H and O–H groups in total. The summed E-state index contributed by atoms with van der Waals surface area (Å²) in [5.74, 6) is 0.586. The summed E-state index contributed by atoms with van der Waals surface area (Å²) in [5.41, 5.74) is 2.34. The number of nitrogens with zero attached hydrogens (tertiary/aromatic N) is 3. The average molecular weight is 278 g/mol. The van der Waals surface area contributed by atoms with Crippen LogP contribution >= 0.6 is 11.3 Å². The standard InChI is InChI=1S/C12H14N4O2S/c1-7(2)18-10-5-4-9(15-16-10)14-12(17)11-8(3)13-6-19-11/h4-7H,1-3H3,(H,14,15,17). The Morgan fingerprint density at radius 3 is 2.68 bits per heavy atom. The van der Waals surface area contributed by atoms with E-state index in [1.165, 1.54) is 11.3 Å². The summed E-state index contributed by atoms with van der Waals surface area (Å²) in [6.45, 7) is 5.60. The molecule has 0 aliphatic heterocycles. The van der Waals surface area contributed by atoms with Crippen LogP contribution in [-0.4, -0.2) is 27.2 Å². The number of carbonyl (C=O) groups excluding carboxylic acids is 1. The normalized spacial score (nSPS) is 10.5. The third-order valence-corrected chi connectivity index (χ3v) is 3.12. The van der Waals surface area contributed by atoms with E-state index in [9.17, 15) is 4.79 Å². The number of nitrogens with one attached hydrogen (secondary N) is 1. The minimum Gasteiger partial charge on any atom is -0.474 e. The molecule has 0 saturated carbocycles. The van der Waals surface area contributed by atoms with Crippen LogP contribution in [0.5, 0.6) is 5.88 Å². The lowest BCUT2D eigenvalue weighted by molar-refractivity contribution is 0.102. The number of ether oxygens (including phenoxy) is 1. The van der Waals surface area contributed by atoms with Crippen molar-refractivity contribution in [3.8, 4) is 5.88 Å². The molecule has 2 aromatic heterocycles. The molecule has 19 heavy (non-hydrogen) atoms. The van der Waals surface area contributed by atoms with Crippen LogP contribution in [0.4, 0.5) is 5.82 Å². The van der Waals surface area contributed by atoms with Crippen molar-refractivity contribution in [3.05, 3.63) is 28.2 Å². The van der Waals surface area contributed by atoms with Gasteiger partial charge in [-0.3, -0.25) is 4.79 Å². The first-order valence-corrected chi connectivity index (χ1v) is 6.66. The number of carbonyl (C=O) groups is 1. The highest BCUT2D eigenvalue weighted by Crippen LogP contribution is 2.15. The summed E-state index contributed by atoms with van der Waals surface area (Å²) in [6.07, 6.45) is 0.0367. The van der Waals surface area contributed by atoms with Gasteiger partial charge in [-0.2, -0.15) is 0 Å². The zero-order chi connectivity index (χ0) is 13.8. The molecule has 0 aliphatic carbocycles. The van der Waals surface area contributed by atoms with Gasteiger partial charge in [-0.1, -0.05) is 0 Å². The predicted molar refractivity (Wildman–Crippen MR) is 72.6 cm³/mol. The van der Waals surface area contributed by atoms with Gasteiger partial charge in [0.25, 0.3) is 5.91 Å². The summed E-state index contributed by atoms with van der Waals surface area (Å²) >= 11 is 1.29. The number of amides is 1. The van der Waals surface area contributed by atoms with Crippen LogP contribution in [0.1, 0.15) is 29.2 Å². The Hall–Kier alpha value is -2.02. The molecule has 0 aliphatic rings. The Morgan fingerprint density at radius 1 is 1.37 bits per heavy atom. The lowest BCUT2D eigenvalue weighted by Crippen LogP contribution is -2.14. The van der Waals surface area contributed by atoms with Crippen molar-refractivity contribution >= 4 is 23.1 Å². The van der Waals surface area contributed by atoms with E-state index < -0.39 is 0 Å². The number of hydrogen-bond acceptors (Lipinski definition) is 6. The topological polar surface area (TPSA) is 77.0 Å². The Labute approximate surface area is 114 Å². The minimum atomic E-state index is -0.230. The fourth-order valence-electron chi connectivity index (χ4n) is 1.38. The Morgan fingerprint density at radius 2 is 2.16 bits per heavy atom. The van der Waals surface area contributed by atoms with Crippen LogP contribution < -0.4 is 10.1 Å². The number of aryl methyl sites for hydroxylation is 1. The van der Waals surface area contributed by atoms with Crippen molar-refractivity contribution < 1.29 is 9.53 Å². The van der Waals surface area contributed by atoms with E-state index in [1.54, 1.807) is 24.6 Å². The highest BCUT2D eigenvalue weighted by atomic mass is 32.1. The molecule has 7 heteroatoms. The van der Waals surface area contributed by atoms with E-state index >= 15 is 0 Å². The summed E-state index contributed by atoms with van der Waals surface area (Å²) < 4.78 is 5.37. The number of aromatic nitrogens is 3. The summed E-state index contributed by atoms with van der Waals surface area (Å²) in [6, 6.07) is 3.32. The van der Waals surface area contributed by atoms with Gasteiger partial charge in [0.1, 0.15) is 4.88 Å². The van der Waals surface area contributed by atoms with Gasteiger partial charge in [0.2, 0.25) is 5.88 Å². The van der Waals surface area contributed by atoms with E-state index in [1.807, 2.05) is 13.8 Å². The maximum atomic E-state index is 11.9. The lowest BCUT2D eigenvalue weighted by atomic mass is 10.3. The molecular weight excluding hydrogens is 264 g/mol. The number of hydrogen-bond donors (Lipinski definition) is 1. The first-order valence-electron chi connectivity index (χ1n) is 5.78. The Kier molecular flexibility index (Phi) is 4.06. The molecule has 2 heterocycles. The Balaban J connectivity index is 2.04. The first kappa shape index (κ1) is 13.4. The van der Waals surface area contributed by atoms with Gasteiger partial charge in [0.15, 0.2) is 5.82 Å². The third-order valence-electron chi connectivity index (χ3n) is 2.19. The second-order valence-electron chi connectivity index (χ2n) is 4.14. The zero-order valence-electron chi connectivity index (χ0n) is 10.9. The molecule has 1 amide bonds. The van der Waals surface area contributed by atoms with Crippen molar-refractivity contribution in [3.63, 3.8) is 0 Å². The average Bonchev–Trinajstić information content (AvgIpc) is 2.77. The molecular formula is C12H14N4O2S. The van der Waals surface area contributed by atoms with Crippen molar-refractivity contribution in [1.29, 1.82) is 0 Å². The highest BCUT2D eigenvalue weighted by molar-refractivity contribution is 7.12. The van der Waals surface area contributed by atoms with Gasteiger partial charge in [-0.25, -0.2) is 4.98 Å². The quantitative estimate of drug-likeness (QED) is 0.928. The van der Waals surface area contributed by atoms with Crippen molar-refractivity contribution in [1.82, 2.24) is 15.2 Å². The molecule has 2 aromatic rings. The second kappa shape index (κ2) is 5.75. The van der Waals surface area contributed by atoms with Crippen molar-refractivity contribution in [2.75, 3.05) is 5.32 Å². The third kappa shape index (κ3) is 3.47. The Bertz CT molecular complexity index is 565. The first-order chi connectivity index (χ1) is 9.06. The van der Waals surface area contributed by atoms with E-state index in [2.05, 4.69) is 20.5 Å². The number of thiazole rings is 1. The molecule has 2 rings (SSSR count). The van der Waals surface area contributed by atoms with E-state index in [0.717, 1.165) is 0 Å². The monoisotopic (exact) mass is 278 g/mol. The molecule has 0 aromatic carbocycles. The van der Waals surface area contributed by atoms with Crippen LogP contribution in [0.25, 0.3) is 0 Å². The van der Waals surface area contributed by atoms with E-state index in [0.29, 0.717) is 22.3 Å². The molecule has 0 bridgehead atoms. The highest BCUT2D eigenvalue weighted by Gasteiger charge is 2.12. The summed E-state index contributed by atoms with van der Waals surface area (Å²) in [7, 11) is 0. The molecule has 100 valence electrons. The maximum Gasteiger partial charge on any atom is 0.268 e. The smallest absolute Gasteiger partial charge is 0.268 e. The summed E-state index contributed by atoms with van der Waals surface area (Å²) in [4.78, 5) is 16.5. The van der Waals surface area contributed by atoms with Crippen molar-refractivity contribution in [2.24, 2.45) is 0 Å². The lowest BCUT2D eigenvalue weighted by Gasteiger charge is -2.08. The molecule has 0 unspecified atom stereocenters. The van der Waals surface area contributed by atoms with Crippen LogP contribution in [0.3, 0.4) is 0 Å². The molecule has 0 atom stereocenters. The molecule has 0 radical (unpaired) electrons. The molecule has 6 nitrogen and oxygen atoms in total. The SMILES string of the molecule is Cc1ncsc1C(=O)Nc1ccc(OC(C)C)nn1. The van der Waals surface area contributed by atoms with E-state index in [-0.39, 0.29) is 12.0 Å². The minimum absolute atomic E-state index is 0.0367. The fourth-order valence-corrected chi connectivity index (χ4v) is 2.08. The van der Waals surface area contributed by atoms with E-state index in [4.69, 9.17) is 4.74 Å². The maximum absolute atomic E-state index is 11.9. The van der Waals surface area contributed by atoms with Crippen LogP contribution in [0.15, 0.2) is 17.6 Å². The van der Waals surface area contributed by atoms with Crippen LogP contribution in [0.2, 0.25) is 0 Å². The van der Waals surface area contributed by atoms with Crippen LogP contribution in [-0.2, 0) is 0 Å². The van der Waals surface area contributed by atoms with Gasteiger partial charge < -0.3 is 10.1 Å². The van der Waals surface area contributed by atoms with Gasteiger partial charge in [-0.15, -0.1) is 21.5 Å². The van der Waals surface area contributed by atoms with Gasteiger partial charge in [-0.05, 0) is 26.8 Å². The largest absolute Gasteiger partial charge is 0.474 e. The van der Waals surface area contributed by atoms with Crippen molar-refractivity contribution in [2.45, 2.75) is 26.9 Å². The van der Waals surface area contributed by atoms with Crippen LogP contribution in [0, 0.1) is 6.92 Å². The van der Waals surface area contributed by atoms with Gasteiger partial charge in [0, 0.05) is 6.07 Å². The molecule has 0 fully saturated rings. The molecule has 0 saturated heterocycles.